The van der Waals surface area contributed by atoms with Crippen LogP contribution in [0.5, 0.6) is 11.5 Å². The lowest BCUT2D eigenvalue weighted by Crippen LogP contribution is -2.24. The number of likely N-dealkylation sites (N-methyl/N-ethyl adjacent to an activating group) is 1. The molecular weight excluding hydrogens is 434 g/mol. The minimum Gasteiger partial charge on any atom is -0.493 e. The van der Waals surface area contributed by atoms with Crippen molar-refractivity contribution in [2.75, 3.05) is 21.2 Å². The zero-order valence-electron chi connectivity index (χ0n) is 20.0. The lowest BCUT2D eigenvalue weighted by Gasteiger charge is -2.15. The molecule has 178 valence electrons. The van der Waals surface area contributed by atoms with Gasteiger partial charge in [0, 0.05) is 32.3 Å². The highest BCUT2D eigenvalue weighted by Crippen LogP contribution is 2.30. The second-order valence-electron chi connectivity index (χ2n) is 7.81. The van der Waals surface area contributed by atoms with Gasteiger partial charge in [-0.25, -0.2) is 0 Å². The van der Waals surface area contributed by atoms with Gasteiger partial charge in [-0.1, -0.05) is 23.4 Å². The molecule has 0 fully saturated rings. The lowest BCUT2D eigenvalue weighted by molar-refractivity contribution is -0.125. The summed E-state index contributed by atoms with van der Waals surface area (Å²) >= 11 is 0. The van der Waals surface area contributed by atoms with Gasteiger partial charge in [0.2, 0.25) is 5.91 Å². The molecule has 0 radical (unpaired) electrons. The molecule has 8 nitrogen and oxygen atoms in total. The summed E-state index contributed by atoms with van der Waals surface area (Å²) in [5.41, 5.74) is 4.01. The van der Waals surface area contributed by atoms with Crippen LogP contribution in [0.4, 0.5) is 0 Å². The maximum atomic E-state index is 12.6. The molecule has 1 aromatic heterocycles. The highest BCUT2D eigenvalue weighted by Gasteiger charge is 2.12. The molecule has 1 heterocycles. The summed E-state index contributed by atoms with van der Waals surface area (Å²) in [5, 5.41) is 6.52. The average Bonchev–Trinajstić information content (AvgIpc) is 3.18. The first-order valence-electron chi connectivity index (χ1n) is 10.8. The first kappa shape index (κ1) is 24.6. The van der Waals surface area contributed by atoms with Crippen LogP contribution in [0.15, 0.2) is 53.1 Å². The van der Waals surface area contributed by atoms with Crippen LogP contribution in [0.2, 0.25) is 0 Å². The van der Waals surface area contributed by atoms with Crippen molar-refractivity contribution in [3.8, 4) is 11.5 Å². The zero-order chi connectivity index (χ0) is 24.7. The first-order chi connectivity index (χ1) is 16.3. The van der Waals surface area contributed by atoms with Gasteiger partial charge in [-0.05, 0) is 55.3 Å². The van der Waals surface area contributed by atoms with Crippen molar-refractivity contribution in [2.45, 2.75) is 27.0 Å². The van der Waals surface area contributed by atoms with Gasteiger partial charge in [0.1, 0.15) is 12.4 Å². The molecule has 3 rings (SSSR count). The Kier molecular flexibility index (Phi) is 8.08. The van der Waals surface area contributed by atoms with Crippen LogP contribution in [-0.2, 0) is 17.9 Å². The van der Waals surface area contributed by atoms with E-state index in [2.05, 4.69) is 10.5 Å². The van der Waals surface area contributed by atoms with Crippen molar-refractivity contribution in [2.24, 2.45) is 0 Å². The number of carbonyl (C=O) groups excluding carboxylic acids is 2. The fourth-order valence-corrected chi connectivity index (χ4v) is 3.32. The number of aromatic nitrogens is 1. The van der Waals surface area contributed by atoms with Crippen molar-refractivity contribution in [3.63, 3.8) is 0 Å². The van der Waals surface area contributed by atoms with Gasteiger partial charge < -0.3 is 24.2 Å². The van der Waals surface area contributed by atoms with Gasteiger partial charge in [-0.3, -0.25) is 9.59 Å². The highest BCUT2D eigenvalue weighted by atomic mass is 16.5. The van der Waals surface area contributed by atoms with Crippen molar-refractivity contribution >= 4 is 17.9 Å². The quantitative estimate of drug-likeness (QED) is 0.484. The maximum absolute atomic E-state index is 12.6. The predicted octanol–water partition coefficient (Wildman–Crippen LogP) is 3.91. The number of benzene rings is 2. The van der Waals surface area contributed by atoms with Crippen LogP contribution in [0, 0.1) is 13.8 Å². The third kappa shape index (κ3) is 6.04. The SMILES string of the molecule is CNC(=O)c1ccc(CN(C)C(=O)/C=C/c2ccc(OCc3c(C)noc3C)c(OC)c2)cc1. The monoisotopic (exact) mass is 463 g/mol. The summed E-state index contributed by atoms with van der Waals surface area (Å²) < 4.78 is 16.5. The van der Waals surface area contributed by atoms with Crippen LogP contribution in [0.1, 0.15) is 38.5 Å². The molecule has 0 spiro atoms. The molecule has 0 atom stereocenters. The number of methoxy groups -OCH3 is 1. The van der Waals surface area contributed by atoms with Gasteiger partial charge in [0.25, 0.3) is 5.91 Å². The van der Waals surface area contributed by atoms with Gasteiger partial charge in [-0.2, -0.15) is 0 Å². The Bertz CT molecular complexity index is 1160. The van der Waals surface area contributed by atoms with Crippen LogP contribution in [0.3, 0.4) is 0 Å². The Morgan fingerprint density at radius 1 is 1.12 bits per heavy atom. The summed E-state index contributed by atoms with van der Waals surface area (Å²) in [4.78, 5) is 25.8. The normalized spacial score (nSPS) is 10.9. The molecule has 1 N–H and O–H groups in total. The largest absolute Gasteiger partial charge is 0.493 e. The Balaban J connectivity index is 1.61. The first-order valence-corrected chi connectivity index (χ1v) is 10.8. The second-order valence-corrected chi connectivity index (χ2v) is 7.81. The Labute approximate surface area is 199 Å². The molecule has 3 aromatic rings. The molecule has 0 saturated heterocycles. The van der Waals surface area contributed by atoms with Crippen molar-refractivity contribution < 1.29 is 23.6 Å². The van der Waals surface area contributed by atoms with Crippen molar-refractivity contribution in [1.29, 1.82) is 0 Å². The molecule has 0 unspecified atom stereocenters. The number of ether oxygens (including phenoxy) is 2. The zero-order valence-corrected chi connectivity index (χ0v) is 20.0. The van der Waals surface area contributed by atoms with E-state index in [9.17, 15) is 9.59 Å². The number of nitrogens with one attached hydrogen (secondary N) is 1. The minimum absolute atomic E-state index is 0.144. The fourth-order valence-electron chi connectivity index (χ4n) is 3.32. The highest BCUT2D eigenvalue weighted by molar-refractivity contribution is 5.94. The number of nitrogens with zero attached hydrogens (tertiary/aromatic N) is 2. The van der Waals surface area contributed by atoms with E-state index in [0.29, 0.717) is 30.2 Å². The number of hydrogen-bond donors (Lipinski definition) is 1. The van der Waals surface area contributed by atoms with Crippen LogP contribution in [0.25, 0.3) is 6.08 Å². The molecule has 0 aliphatic heterocycles. The van der Waals surface area contributed by atoms with Crippen molar-refractivity contribution in [3.05, 3.63) is 82.2 Å². The van der Waals surface area contributed by atoms with E-state index in [1.165, 1.54) is 6.08 Å². The maximum Gasteiger partial charge on any atom is 0.251 e. The van der Waals surface area contributed by atoms with E-state index in [-0.39, 0.29) is 11.8 Å². The molecular formula is C26H29N3O5. The fraction of sp³-hybridized carbons (Fsp3) is 0.269. The number of rotatable bonds is 9. The van der Waals surface area contributed by atoms with E-state index in [4.69, 9.17) is 14.0 Å². The van der Waals surface area contributed by atoms with Gasteiger partial charge >= 0.3 is 0 Å². The number of aryl methyl sites for hydroxylation is 2. The molecule has 2 aromatic carbocycles. The summed E-state index contributed by atoms with van der Waals surface area (Å²) in [7, 11) is 4.89. The number of carbonyl (C=O) groups is 2. The molecule has 8 heteroatoms. The van der Waals surface area contributed by atoms with E-state index >= 15 is 0 Å². The predicted molar refractivity (Wildman–Crippen MR) is 129 cm³/mol. The van der Waals surface area contributed by atoms with Crippen LogP contribution in [-0.4, -0.2) is 43.1 Å². The molecule has 0 bridgehead atoms. The molecule has 0 aliphatic carbocycles. The summed E-state index contributed by atoms with van der Waals surface area (Å²) in [6, 6.07) is 12.6. The average molecular weight is 464 g/mol. The molecule has 0 aliphatic rings. The topological polar surface area (TPSA) is 93.9 Å². The minimum atomic E-state index is -0.145. The summed E-state index contributed by atoms with van der Waals surface area (Å²) in [6.07, 6.45) is 3.24. The number of hydrogen-bond acceptors (Lipinski definition) is 6. The Morgan fingerprint density at radius 2 is 1.85 bits per heavy atom. The standard InChI is InChI=1S/C26H29N3O5/c1-17-22(18(2)34-28-17)16-33-23-12-8-19(14-24(23)32-5)9-13-25(30)29(4)15-20-6-10-21(11-7-20)26(31)27-3/h6-14H,15-16H2,1-5H3,(H,27,31)/b13-9+. The third-order valence-electron chi connectivity index (χ3n) is 5.40. The van der Waals surface area contributed by atoms with E-state index in [1.807, 2.05) is 38.1 Å². The number of amides is 2. The lowest BCUT2D eigenvalue weighted by atomic mass is 10.1. The Hall–Kier alpha value is -4.07. The molecule has 34 heavy (non-hydrogen) atoms. The molecule has 0 saturated carbocycles. The second kappa shape index (κ2) is 11.2. The van der Waals surface area contributed by atoms with Crippen molar-refractivity contribution in [1.82, 2.24) is 15.4 Å². The third-order valence-corrected chi connectivity index (χ3v) is 5.40. The molecule has 2 amide bonds. The van der Waals surface area contributed by atoms with Crippen LogP contribution < -0.4 is 14.8 Å². The Morgan fingerprint density at radius 3 is 2.47 bits per heavy atom. The summed E-state index contributed by atoms with van der Waals surface area (Å²) in [5.74, 6) is 1.58. The van der Waals surface area contributed by atoms with Gasteiger partial charge in [0.05, 0.1) is 18.4 Å². The van der Waals surface area contributed by atoms with E-state index in [1.54, 1.807) is 50.4 Å². The van der Waals surface area contributed by atoms with Gasteiger partial charge in [-0.15, -0.1) is 0 Å². The van der Waals surface area contributed by atoms with E-state index < -0.39 is 0 Å². The van der Waals surface area contributed by atoms with E-state index in [0.717, 1.165) is 28.1 Å². The van der Waals surface area contributed by atoms with Gasteiger partial charge in [0.15, 0.2) is 11.5 Å². The van der Waals surface area contributed by atoms with Crippen LogP contribution >= 0.6 is 0 Å². The summed E-state index contributed by atoms with van der Waals surface area (Å²) in [6.45, 7) is 4.46. The smallest absolute Gasteiger partial charge is 0.251 e.